The minimum absolute atomic E-state index is 0.0464. The van der Waals surface area contributed by atoms with Gasteiger partial charge >= 0.3 is 0 Å². The summed E-state index contributed by atoms with van der Waals surface area (Å²) in [6.45, 7) is 2.03. The van der Waals surface area contributed by atoms with Crippen LogP contribution in [0.5, 0.6) is 0 Å². The predicted octanol–water partition coefficient (Wildman–Crippen LogP) is 6.05. The molecule has 1 aliphatic heterocycles. The van der Waals surface area contributed by atoms with Gasteiger partial charge in [0.1, 0.15) is 0 Å². The minimum atomic E-state index is -2.10. The second kappa shape index (κ2) is 13.1. The number of hydrogen-bond acceptors (Lipinski definition) is 8. The summed E-state index contributed by atoms with van der Waals surface area (Å²) < 4.78 is 12.6. The van der Waals surface area contributed by atoms with Gasteiger partial charge in [0.2, 0.25) is 5.16 Å². The van der Waals surface area contributed by atoms with Crippen LogP contribution in [0.1, 0.15) is 36.0 Å². The molecule has 0 radical (unpaired) electrons. The molecule has 1 aromatic heterocycles. The third-order valence-electron chi connectivity index (χ3n) is 6.62. The van der Waals surface area contributed by atoms with E-state index in [0.29, 0.717) is 22.2 Å². The molecule has 5 rings (SSSR count). The van der Waals surface area contributed by atoms with Gasteiger partial charge in [0.15, 0.2) is 6.29 Å². The Kier molecular flexibility index (Phi) is 9.50. The molecule has 1 aliphatic rings. The summed E-state index contributed by atoms with van der Waals surface area (Å²) in [7, 11) is 0. The predicted molar refractivity (Wildman–Crippen MR) is 158 cm³/mol. The number of aromatic nitrogens is 4. The minimum Gasteiger partial charge on any atom is -0.392 e. The largest absolute Gasteiger partial charge is 0.392 e. The third-order valence-corrected chi connectivity index (χ3v) is 8.14. The molecule has 214 valence electrons. The van der Waals surface area contributed by atoms with Crippen molar-refractivity contribution < 1.29 is 19.4 Å². The molecule has 0 saturated carbocycles. The van der Waals surface area contributed by atoms with Gasteiger partial charge in [-0.1, -0.05) is 108 Å². The molecule has 41 heavy (non-hydrogen) atoms. The van der Waals surface area contributed by atoms with Gasteiger partial charge < -0.3 is 19.9 Å². The maximum absolute atomic E-state index is 12.2. The zero-order chi connectivity index (χ0) is 29.0. The van der Waals surface area contributed by atoms with Gasteiger partial charge in [-0.25, -0.2) is 0 Å². The van der Waals surface area contributed by atoms with Crippen molar-refractivity contribution in [3.63, 3.8) is 0 Å². The van der Waals surface area contributed by atoms with Crippen molar-refractivity contribution in [2.24, 2.45) is 5.92 Å². The lowest BCUT2D eigenvalue weighted by Crippen LogP contribution is -2.38. The van der Waals surface area contributed by atoms with Crippen molar-refractivity contribution in [1.82, 2.24) is 20.2 Å². The summed E-state index contributed by atoms with van der Waals surface area (Å²) in [5, 5.41) is 25.0. The molecular formula is C28H26Cl3N5O4S. The number of anilines is 1. The Morgan fingerprint density at radius 2 is 1.78 bits per heavy atom. The zero-order valence-corrected chi connectivity index (χ0v) is 24.8. The first-order valence-electron chi connectivity index (χ1n) is 12.7. The number of aliphatic hydroxyl groups is 1. The molecule has 0 bridgehead atoms. The van der Waals surface area contributed by atoms with Gasteiger partial charge in [0.05, 0.1) is 24.5 Å². The molecule has 13 heteroatoms. The summed E-state index contributed by atoms with van der Waals surface area (Å²) in [6, 6.07) is 24.3. The Morgan fingerprint density at radius 1 is 1.02 bits per heavy atom. The van der Waals surface area contributed by atoms with Gasteiger partial charge in [-0.15, -0.1) is 5.10 Å². The Balaban J connectivity index is 1.40. The molecule has 4 atom stereocenters. The van der Waals surface area contributed by atoms with Crippen molar-refractivity contribution in [3.05, 3.63) is 95.6 Å². The Morgan fingerprint density at radius 3 is 2.49 bits per heavy atom. The van der Waals surface area contributed by atoms with E-state index in [1.54, 1.807) is 22.9 Å². The Hall–Kier alpha value is -2.70. The van der Waals surface area contributed by atoms with E-state index in [1.165, 1.54) is 11.8 Å². The average Bonchev–Trinajstić information content (AvgIpc) is 3.45. The number of nitrogens with one attached hydrogen (secondary N) is 1. The van der Waals surface area contributed by atoms with Crippen LogP contribution >= 0.6 is 46.6 Å². The number of carbonyl (C=O) groups is 1. The molecule has 4 unspecified atom stereocenters. The SMILES string of the molecule is CC1C(CSc2nnnn2-c2ccccc2)OC(c2cccc(NC(=O)C(Cl)(Cl)Cl)c2)OC1c1ccc(CO)cc1. The molecule has 0 aliphatic carbocycles. The average molecular weight is 635 g/mol. The summed E-state index contributed by atoms with van der Waals surface area (Å²) in [6.07, 6.45) is -1.34. The van der Waals surface area contributed by atoms with Crippen LogP contribution < -0.4 is 5.32 Å². The maximum Gasteiger partial charge on any atom is 0.276 e. The third kappa shape index (κ3) is 7.21. The van der Waals surface area contributed by atoms with E-state index in [-0.39, 0.29) is 24.7 Å². The molecule has 2 heterocycles. The van der Waals surface area contributed by atoms with Crippen molar-refractivity contribution in [1.29, 1.82) is 0 Å². The van der Waals surface area contributed by atoms with Gasteiger partial charge in [0.25, 0.3) is 9.70 Å². The topological polar surface area (TPSA) is 111 Å². The number of tetrazole rings is 1. The number of para-hydroxylation sites is 1. The van der Waals surface area contributed by atoms with Crippen LogP contribution in [0, 0.1) is 5.92 Å². The molecule has 1 saturated heterocycles. The van der Waals surface area contributed by atoms with Crippen LogP contribution in [0.2, 0.25) is 0 Å². The number of aliphatic hydroxyl groups excluding tert-OH is 1. The fourth-order valence-electron chi connectivity index (χ4n) is 4.43. The molecule has 3 aromatic carbocycles. The van der Waals surface area contributed by atoms with Gasteiger partial charge in [-0.3, -0.25) is 4.79 Å². The van der Waals surface area contributed by atoms with E-state index in [1.807, 2.05) is 60.7 Å². The Labute approximate surface area is 256 Å². The number of hydrogen-bond donors (Lipinski definition) is 2. The number of benzene rings is 3. The summed E-state index contributed by atoms with van der Waals surface area (Å²) in [5.74, 6) is -0.276. The highest BCUT2D eigenvalue weighted by Crippen LogP contribution is 2.43. The van der Waals surface area contributed by atoms with Gasteiger partial charge in [-0.05, 0) is 45.8 Å². The fraction of sp³-hybridized carbons (Fsp3) is 0.286. The van der Waals surface area contributed by atoms with Crippen molar-refractivity contribution in [2.75, 3.05) is 11.1 Å². The van der Waals surface area contributed by atoms with E-state index >= 15 is 0 Å². The lowest BCUT2D eigenvalue weighted by molar-refractivity contribution is -0.268. The number of carbonyl (C=O) groups excluding carboxylic acids is 1. The normalized spacial score (nSPS) is 21.0. The van der Waals surface area contributed by atoms with E-state index in [9.17, 15) is 9.90 Å². The second-order valence-electron chi connectivity index (χ2n) is 9.42. The lowest BCUT2D eigenvalue weighted by Gasteiger charge is -2.41. The first-order chi connectivity index (χ1) is 19.7. The number of alkyl halides is 3. The van der Waals surface area contributed by atoms with E-state index in [0.717, 1.165) is 16.8 Å². The van der Waals surface area contributed by atoms with Gasteiger partial charge in [-0.2, -0.15) is 4.68 Å². The summed E-state index contributed by atoms with van der Waals surface area (Å²) in [5.41, 5.74) is 3.73. The standard InChI is InChI=1S/C28H26Cl3N5O4S/c1-17-23(16-41-27-33-34-35-36(27)22-8-3-2-4-9-22)39-25(40-24(17)19-12-10-18(15-37)11-13-19)20-6-5-7-21(14-20)32-26(38)28(29,30)31/h2-14,17,23-25,37H,15-16H2,1H3,(H,32,38). The smallest absolute Gasteiger partial charge is 0.276 e. The van der Waals surface area contributed by atoms with Crippen LogP contribution in [0.4, 0.5) is 5.69 Å². The highest BCUT2D eigenvalue weighted by Gasteiger charge is 2.39. The van der Waals surface area contributed by atoms with Gasteiger partial charge in [0, 0.05) is 22.9 Å². The number of rotatable bonds is 8. The van der Waals surface area contributed by atoms with Crippen LogP contribution in [0.15, 0.2) is 84.0 Å². The van der Waals surface area contributed by atoms with E-state index < -0.39 is 16.0 Å². The molecule has 0 spiro atoms. The molecule has 1 amide bonds. The molecule has 9 nitrogen and oxygen atoms in total. The van der Waals surface area contributed by atoms with Crippen LogP contribution in [-0.4, -0.2) is 46.9 Å². The lowest BCUT2D eigenvalue weighted by atomic mass is 9.91. The number of thioether (sulfide) groups is 1. The van der Waals surface area contributed by atoms with E-state index in [2.05, 4.69) is 27.8 Å². The monoisotopic (exact) mass is 633 g/mol. The van der Waals surface area contributed by atoms with E-state index in [4.69, 9.17) is 44.3 Å². The molecule has 2 N–H and O–H groups in total. The highest BCUT2D eigenvalue weighted by molar-refractivity contribution is 7.99. The molecule has 4 aromatic rings. The quantitative estimate of drug-likeness (QED) is 0.178. The number of nitrogens with zero attached hydrogens (tertiary/aromatic N) is 4. The van der Waals surface area contributed by atoms with Crippen LogP contribution in [0.25, 0.3) is 5.69 Å². The first kappa shape index (κ1) is 29.8. The maximum atomic E-state index is 12.2. The second-order valence-corrected chi connectivity index (χ2v) is 12.7. The van der Waals surface area contributed by atoms with Crippen molar-refractivity contribution in [3.8, 4) is 5.69 Å². The van der Waals surface area contributed by atoms with Crippen molar-refractivity contribution >= 4 is 58.2 Å². The summed E-state index contributed by atoms with van der Waals surface area (Å²) in [4.78, 5) is 12.2. The number of ether oxygens (including phenoxy) is 2. The number of amides is 1. The van der Waals surface area contributed by atoms with Crippen LogP contribution in [0.3, 0.4) is 0 Å². The summed E-state index contributed by atoms with van der Waals surface area (Å²) >= 11 is 18.7. The zero-order valence-electron chi connectivity index (χ0n) is 21.7. The van der Waals surface area contributed by atoms with Crippen molar-refractivity contribution in [2.45, 2.75) is 41.0 Å². The highest BCUT2D eigenvalue weighted by atomic mass is 35.6. The molecule has 1 fully saturated rings. The van der Waals surface area contributed by atoms with Crippen LogP contribution in [-0.2, 0) is 20.9 Å². The fourth-order valence-corrected chi connectivity index (χ4v) is 5.63. The molecular weight excluding hydrogens is 609 g/mol. The Bertz CT molecular complexity index is 1470. The first-order valence-corrected chi connectivity index (χ1v) is 14.8. The number of halogens is 3.